The number of rotatable bonds is 3. The molecule has 28 heavy (non-hydrogen) atoms. The maximum absolute atomic E-state index is 12.7. The minimum atomic E-state index is -0.0576. The van der Waals surface area contributed by atoms with Gasteiger partial charge in [-0.1, -0.05) is 0 Å². The van der Waals surface area contributed by atoms with Gasteiger partial charge in [0, 0.05) is 0 Å². The number of nitrogens with zero attached hydrogens (tertiary/aromatic N) is 2. The molecule has 5 rings (SSSR count). The summed E-state index contributed by atoms with van der Waals surface area (Å²) in [6.45, 7) is 0. The monoisotopic (exact) mass is 502 g/mol. The van der Waals surface area contributed by atoms with Crippen molar-refractivity contribution in [2.75, 3.05) is 11.9 Å². The van der Waals surface area contributed by atoms with Gasteiger partial charge in [-0.15, -0.1) is 0 Å². The number of aromatic nitrogens is 1. The molecular formula is C22H18N2O2Se2. The standard InChI is InChI=1S/C22H18N2O2Se2/c1-23-15-7-3-5-9-17(15)27-19(23)11-13-21(25)14(22(13)26)12-20-24(2)16-8-4-6-10-18(16)28-20/h3-11,20H,12H2,1-2H3. The minimum absolute atomic E-state index is 0.0576. The molecule has 0 radical (unpaired) electrons. The maximum atomic E-state index is 12.7. The van der Waals surface area contributed by atoms with E-state index in [1.807, 2.05) is 31.3 Å². The number of anilines is 1. The summed E-state index contributed by atoms with van der Waals surface area (Å²) in [5.74, 6) is -0.115. The number of benzene rings is 2. The predicted molar refractivity (Wildman–Crippen MR) is 111 cm³/mol. The van der Waals surface area contributed by atoms with Crippen molar-refractivity contribution in [2.24, 2.45) is 7.05 Å². The van der Waals surface area contributed by atoms with Crippen molar-refractivity contribution in [3.05, 3.63) is 70.0 Å². The summed E-state index contributed by atoms with van der Waals surface area (Å²) in [5.41, 5.74) is 3.23. The molecule has 6 heteroatoms. The number of carbonyl (C=O) groups excluding carboxylic acids is 1. The van der Waals surface area contributed by atoms with Crippen molar-refractivity contribution in [1.29, 1.82) is 0 Å². The van der Waals surface area contributed by atoms with Crippen molar-refractivity contribution in [1.82, 2.24) is 0 Å². The van der Waals surface area contributed by atoms with Crippen molar-refractivity contribution in [3.8, 4) is 0 Å². The Morgan fingerprint density at radius 2 is 1.93 bits per heavy atom. The molecule has 0 saturated carbocycles. The number of aryl methyl sites for hydroxylation is 1. The fraction of sp³-hybridized carbons (Fsp3) is 0.182. The molecule has 4 nitrogen and oxygen atoms in total. The van der Waals surface area contributed by atoms with E-state index in [1.54, 1.807) is 0 Å². The van der Waals surface area contributed by atoms with Crippen LogP contribution in [0.1, 0.15) is 11.0 Å². The second kappa shape index (κ2) is 6.75. The Morgan fingerprint density at radius 1 is 1.18 bits per heavy atom. The molecule has 0 N–H and O–H groups in total. The number of ketones is 1. The van der Waals surface area contributed by atoms with Crippen LogP contribution in [0.4, 0.5) is 5.69 Å². The number of hydrogen-bond donors (Lipinski definition) is 0. The molecule has 0 bridgehead atoms. The molecule has 2 aromatic carbocycles. The first-order valence-corrected chi connectivity index (χ1v) is 12.6. The normalized spacial score (nSPS) is 20.2. The quantitative estimate of drug-likeness (QED) is 0.299. The summed E-state index contributed by atoms with van der Waals surface area (Å²) in [6, 6.07) is 16.6. The molecule has 140 valence electrons. The second-order valence-corrected chi connectivity index (χ2v) is 11.8. The molecule has 0 fully saturated rings. The third kappa shape index (κ3) is 2.72. The molecule has 0 saturated heterocycles. The van der Waals surface area contributed by atoms with Gasteiger partial charge in [0.15, 0.2) is 0 Å². The Balaban J connectivity index is 1.42. The Kier molecular flexibility index (Phi) is 4.33. The van der Waals surface area contributed by atoms with E-state index in [0.29, 0.717) is 17.6 Å². The molecule has 0 spiro atoms. The van der Waals surface area contributed by atoms with Gasteiger partial charge < -0.3 is 0 Å². The van der Waals surface area contributed by atoms with Gasteiger partial charge in [0.2, 0.25) is 0 Å². The zero-order chi connectivity index (χ0) is 19.4. The van der Waals surface area contributed by atoms with Crippen LogP contribution in [0, 0.1) is 0 Å². The average molecular weight is 500 g/mol. The van der Waals surface area contributed by atoms with Gasteiger partial charge in [0.05, 0.1) is 0 Å². The van der Waals surface area contributed by atoms with Crippen LogP contribution in [0.2, 0.25) is 0 Å². The van der Waals surface area contributed by atoms with Crippen LogP contribution in [0.5, 0.6) is 0 Å². The Bertz CT molecular complexity index is 1190. The number of allylic oxidation sites excluding steroid dienone is 1. The molecule has 3 aromatic rings. The molecule has 2 heterocycles. The SMILES string of the molecule is CN1c2ccccc2[Se]C1CC1=C([O-])/C(=C\c2[se]c3ccccc3[n+]2C)C1=O. The number of fused-ring (bicyclic) bond motifs is 2. The van der Waals surface area contributed by atoms with Crippen LogP contribution in [-0.4, -0.2) is 47.2 Å². The van der Waals surface area contributed by atoms with E-state index in [1.165, 1.54) is 19.9 Å². The average Bonchev–Trinajstić information content (AvgIpc) is 3.21. The fourth-order valence-corrected chi connectivity index (χ4v) is 8.77. The first-order chi connectivity index (χ1) is 13.5. The number of carbonyl (C=O) groups is 1. The van der Waals surface area contributed by atoms with Gasteiger partial charge >= 0.3 is 176 Å². The van der Waals surface area contributed by atoms with Gasteiger partial charge in [-0.25, -0.2) is 0 Å². The third-order valence-corrected chi connectivity index (χ3v) is 10.7. The molecule has 1 atom stereocenters. The predicted octanol–water partition coefficient (Wildman–Crippen LogP) is 0.497. The van der Waals surface area contributed by atoms with Crippen molar-refractivity contribution < 1.29 is 14.5 Å². The molecular weight excluding hydrogens is 482 g/mol. The van der Waals surface area contributed by atoms with Crippen LogP contribution in [0.3, 0.4) is 0 Å². The first kappa shape index (κ1) is 18.0. The van der Waals surface area contributed by atoms with Crippen LogP contribution in [-0.2, 0) is 11.8 Å². The van der Waals surface area contributed by atoms with E-state index in [-0.39, 0.29) is 45.9 Å². The zero-order valence-electron chi connectivity index (χ0n) is 15.5. The van der Waals surface area contributed by atoms with Gasteiger partial charge in [-0.3, -0.25) is 0 Å². The van der Waals surface area contributed by atoms with Gasteiger partial charge in [-0.2, -0.15) is 0 Å². The van der Waals surface area contributed by atoms with Gasteiger partial charge in [-0.05, 0) is 0 Å². The third-order valence-electron chi connectivity index (χ3n) is 5.40. The molecule has 1 aromatic heterocycles. The summed E-state index contributed by atoms with van der Waals surface area (Å²) in [4.78, 5) is 15.2. The van der Waals surface area contributed by atoms with Crippen molar-refractivity contribution >= 4 is 61.2 Å². The van der Waals surface area contributed by atoms with Crippen LogP contribution < -0.4 is 19.0 Å². The van der Waals surface area contributed by atoms with E-state index >= 15 is 0 Å². The summed E-state index contributed by atoms with van der Waals surface area (Å²) < 4.78 is 5.81. The van der Waals surface area contributed by atoms with Crippen LogP contribution in [0.15, 0.2) is 65.4 Å². The molecule has 1 aliphatic carbocycles. The zero-order valence-corrected chi connectivity index (χ0v) is 18.9. The van der Waals surface area contributed by atoms with E-state index in [2.05, 4.69) is 46.8 Å². The van der Waals surface area contributed by atoms with E-state index in [0.717, 1.165) is 4.57 Å². The van der Waals surface area contributed by atoms with E-state index in [4.69, 9.17) is 0 Å². The fourth-order valence-electron chi connectivity index (χ4n) is 3.74. The summed E-state index contributed by atoms with van der Waals surface area (Å²) >= 11 is 0.384. The number of Topliss-reactive ketones (excluding diaryl/α,β-unsaturated/α-hetero) is 1. The summed E-state index contributed by atoms with van der Waals surface area (Å²) in [7, 11) is 4.07. The van der Waals surface area contributed by atoms with Crippen LogP contribution in [0.25, 0.3) is 15.9 Å². The van der Waals surface area contributed by atoms with E-state index < -0.39 is 0 Å². The molecule has 0 amide bonds. The summed E-state index contributed by atoms with van der Waals surface area (Å²) in [6.07, 6.45) is 2.38. The molecule has 1 aliphatic heterocycles. The van der Waals surface area contributed by atoms with Crippen molar-refractivity contribution in [2.45, 2.75) is 11.4 Å². The number of para-hydroxylation sites is 2. The van der Waals surface area contributed by atoms with Gasteiger partial charge in [0.1, 0.15) is 0 Å². The number of hydrogen-bond acceptors (Lipinski definition) is 3. The van der Waals surface area contributed by atoms with Crippen LogP contribution >= 0.6 is 0 Å². The molecule has 1 unspecified atom stereocenters. The Labute approximate surface area is 175 Å². The Morgan fingerprint density at radius 3 is 2.68 bits per heavy atom. The first-order valence-electron chi connectivity index (χ1n) is 9.07. The second-order valence-electron chi connectivity index (χ2n) is 7.02. The van der Waals surface area contributed by atoms with Gasteiger partial charge in [0.25, 0.3) is 0 Å². The summed E-state index contributed by atoms with van der Waals surface area (Å²) in [5, 5.41) is 12.7. The van der Waals surface area contributed by atoms with Crippen molar-refractivity contribution in [3.63, 3.8) is 0 Å². The molecule has 2 aliphatic rings. The topological polar surface area (TPSA) is 47.2 Å². The Hall–Kier alpha value is -2.10. The van der Waals surface area contributed by atoms with E-state index in [9.17, 15) is 9.90 Å².